The molecule has 0 aromatic carbocycles. The first-order chi connectivity index (χ1) is 9.90. The van der Waals surface area contributed by atoms with Gasteiger partial charge < -0.3 is 20.1 Å². The van der Waals surface area contributed by atoms with Crippen molar-refractivity contribution in [1.29, 1.82) is 0 Å². The number of urea groups is 1. The van der Waals surface area contributed by atoms with Gasteiger partial charge in [-0.15, -0.1) is 0 Å². The molecule has 1 aliphatic carbocycles. The molecule has 0 aromatic heterocycles. The van der Waals surface area contributed by atoms with Gasteiger partial charge >= 0.3 is 12.0 Å². The molecule has 2 fully saturated rings. The first-order valence-corrected chi connectivity index (χ1v) is 7.84. The molecule has 2 amide bonds. The lowest BCUT2D eigenvalue weighted by Crippen LogP contribution is -2.58. The molecule has 0 aromatic rings. The van der Waals surface area contributed by atoms with Crippen molar-refractivity contribution < 1.29 is 19.4 Å². The summed E-state index contributed by atoms with van der Waals surface area (Å²) in [7, 11) is 0. The van der Waals surface area contributed by atoms with E-state index in [1.807, 2.05) is 13.8 Å². The molecule has 2 N–H and O–H groups in total. The maximum Gasteiger partial charge on any atom is 0.318 e. The molecule has 2 aliphatic rings. The van der Waals surface area contributed by atoms with Crippen LogP contribution in [0.25, 0.3) is 0 Å². The molecule has 6 heteroatoms. The van der Waals surface area contributed by atoms with E-state index in [9.17, 15) is 9.59 Å². The van der Waals surface area contributed by atoms with E-state index in [1.54, 1.807) is 4.90 Å². The van der Waals surface area contributed by atoms with E-state index in [0.717, 1.165) is 32.1 Å². The summed E-state index contributed by atoms with van der Waals surface area (Å²) in [6.07, 6.45) is 4.60. The van der Waals surface area contributed by atoms with Gasteiger partial charge in [0.2, 0.25) is 0 Å². The van der Waals surface area contributed by atoms with Crippen LogP contribution in [0.2, 0.25) is 0 Å². The third-order valence-corrected chi connectivity index (χ3v) is 4.38. The summed E-state index contributed by atoms with van der Waals surface area (Å²) in [6.45, 7) is 5.01. The molecule has 0 radical (unpaired) electrons. The van der Waals surface area contributed by atoms with E-state index in [4.69, 9.17) is 9.84 Å². The fraction of sp³-hybridized carbons (Fsp3) is 0.867. The third-order valence-electron chi connectivity index (χ3n) is 4.38. The normalized spacial score (nSPS) is 29.0. The van der Waals surface area contributed by atoms with Gasteiger partial charge in [-0.1, -0.05) is 19.3 Å². The Morgan fingerprint density at radius 3 is 2.29 bits per heavy atom. The predicted molar refractivity (Wildman–Crippen MR) is 78.2 cm³/mol. The summed E-state index contributed by atoms with van der Waals surface area (Å²) in [6, 6.07) is -0.153. The van der Waals surface area contributed by atoms with Crippen LogP contribution in [0.4, 0.5) is 4.79 Å². The van der Waals surface area contributed by atoms with Crippen LogP contribution in [0.3, 0.4) is 0 Å². The standard InChI is InChI=1S/C15H26N2O4/c1-11-9-17(10-12(2)21-11)14(20)16-15(8-13(18)19)6-4-3-5-7-15/h11-12H,3-10H2,1-2H3,(H,16,20)(H,18,19). The number of nitrogens with zero attached hydrogens (tertiary/aromatic N) is 1. The van der Waals surface area contributed by atoms with Crippen LogP contribution in [0.15, 0.2) is 0 Å². The Hall–Kier alpha value is -1.30. The lowest BCUT2D eigenvalue weighted by Gasteiger charge is -2.41. The van der Waals surface area contributed by atoms with E-state index < -0.39 is 11.5 Å². The summed E-state index contributed by atoms with van der Waals surface area (Å²) in [5.74, 6) is -0.846. The molecule has 6 nitrogen and oxygen atoms in total. The van der Waals surface area contributed by atoms with Crippen molar-refractivity contribution in [3.63, 3.8) is 0 Å². The number of carbonyl (C=O) groups excluding carboxylic acids is 1. The number of morpholine rings is 1. The molecular formula is C15H26N2O4. The van der Waals surface area contributed by atoms with Gasteiger partial charge in [-0.25, -0.2) is 4.79 Å². The fourth-order valence-corrected chi connectivity index (χ4v) is 3.51. The maximum atomic E-state index is 12.5. The third kappa shape index (κ3) is 4.33. The zero-order valence-corrected chi connectivity index (χ0v) is 12.9. The summed E-state index contributed by atoms with van der Waals surface area (Å²) < 4.78 is 5.63. The molecule has 120 valence electrons. The summed E-state index contributed by atoms with van der Waals surface area (Å²) in [5.41, 5.74) is -0.577. The molecule has 0 bridgehead atoms. The fourth-order valence-electron chi connectivity index (χ4n) is 3.51. The van der Waals surface area contributed by atoms with Crippen molar-refractivity contribution >= 4 is 12.0 Å². The van der Waals surface area contributed by atoms with Gasteiger partial charge in [0.25, 0.3) is 0 Å². The van der Waals surface area contributed by atoms with E-state index in [-0.39, 0.29) is 24.7 Å². The molecule has 2 unspecified atom stereocenters. The van der Waals surface area contributed by atoms with Crippen LogP contribution in [-0.4, -0.2) is 52.8 Å². The van der Waals surface area contributed by atoms with Crippen LogP contribution in [0.5, 0.6) is 0 Å². The SMILES string of the molecule is CC1CN(C(=O)NC2(CC(=O)O)CCCCC2)CC(C)O1. The Bertz CT molecular complexity index is 383. The van der Waals surface area contributed by atoms with Gasteiger partial charge in [0.1, 0.15) is 0 Å². The quantitative estimate of drug-likeness (QED) is 0.835. The van der Waals surface area contributed by atoms with Crippen molar-refractivity contribution in [2.75, 3.05) is 13.1 Å². The number of carboxylic acid groups (broad SMARTS) is 1. The van der Waals surface area contributed by atoms with Crippen LogP contribution >= 0.6 is 0 Å². The molecule has 1 aliphatic heterocycles. The number of ether oxygens (including phenoxy) is 1. The van der Waals surface area contributed by atoms with Crippen molar-refractivity contribution in [2.45, 2.75) is 70.1 Å². The van der Waals surface area contributed by atoms with Crippen molar-refractivity contribution in [1.82, 2.24) is 10.2 Å². The Labute approximate surface area is 125 Å². The minimum absolute atomic E-state index is 0.00812. The highest BCUT2D eigenvalue weighted by atomic mass is 16.5. The average Bonchev–Trinajstić information content (AvgIpc) is 2.37. The first kappa shape index (κ1) is 16.1. The summed E-state index contributed by atoms with van der Waals surface area (Å²) in [4.78, 5) is 25.4. The number of hydrogen-bond donors (Lipinski definition) is 2. The monoisotopic (exact) mass is 298 g/mol. The van der Waals surface area contributed by atoms with Crippen LogP contribution in [0, 0.1) is 0 Å². The molecular weight excluding hydrogens is 272 g/mol. The number of amides is 2. The second kappa shape index (κ2) is 6.64. The van der Waals surface area contributed by atoms with E-state index in [0.29, 0.717) is 13.1 Å². The Morgan fingerprint density at radius 2 is 1.76 bits per heavy atom. The Balaban J connectivity index is 2.01. The Kier molecular flexibility index (Phi) is 5.08. The zero-order chi connectivity index (χ0) is 15.5. The minimum atomic E-state index is -0.846. The number of hydrogen-bond acceptors (Lipinski definition) is 3. The van der Waals surface area contributed by atoms with Gasteiger partial charge in [0, 0.05) is 13.1 Å². The number of nitrogens with one attached hydrogen (secondary N) is 1. The Morgan fingerprint density at radius 1 is 1.19 bits per heavy atom. The van der Waals surface area contributed by atoms with Crippen LogP contribution < -0.4 is 5.32 Å². The highest BCUT2D eigenvalue weighted by molar-refractivity contribution is 5.77. The largest absolute Gasteiger partial charge is 0.481 e. The number of carboxylic acids is 1. The molecule has 21 heavy (non-hydrogen) atoms. The zero-order valence-electron chi connectivity index (χ0n) is 12.9. The molecule has 2 atom stereocenters. The lowest BCUT2D eigenvalue weighted by molar-refractivity contribution is -0.139. The van der Waals surface area contributed by atoms with Crippen LogP contribution in [0.1, 0.15) is 52.4 Å². The van der Waals surface area contributed by atoms with Crippen molar-refractivity contribution in [2.24, 2.45) is 0 Å². The average molecular weight is 298 g/mol. The minimum Gasteiger partial charge on any atom is -0.481 e. The topological polar surface area (TPSA) is 78.9 Å². The lowest BCUT2D eigenvalue weighted by atomic mass is 9.79. The highest BCUT2D eigenvalue weighted by Crippen LogP contribution is 2.31. The number of carbonyl (C=O) groups is 2. The highest BCUT2D eigenvalue weighted by Gasteiger charge is 2.38. The second-order valence-corrected chi connectivity index (χ2v) is 6.50. The number of rotatable bonds is 3. The van der Waals surface area contributed by atoms with Gasteiger partial charge in [0.15, 0.2) is 0 Å². The van der Waals surface area contributed by atoms with Gasteiger partial charge in [-0.3, -0.25) is 4.79 Å². The molecule has 1 heterocycles. The van der Waals surface area contributed by atoms with Gasteiger partial charge in [-0.05, 0) is 26.7 Å². The summed E-state index contributed by atoms with van der Waals surface area (Å²) in [5, 5.41) is 12.2. The molecule has 2 rings (SSSR count). The van der Waals surface area contributed by atoms with E-state index in [1.165, 1.54) is 0 Å². The van der Waals surface area contributed by atoms with Gasteiger partial charge in [0.05, 0.1) is 24.2 Å². The summed E-state index contributed by atoms with van der Waals surface area (Å²) >= 11 is 0. The smallest absolute Gasteiger partial charge is 0.318 e. The predicted octanol–water partition coefficient (Wildman–Crippen LogP) is 1.98. The van der Waals surface area contributed by atoms with Crippen molar-refractivity contribution in [3.05, 3.63) is 0 Å². The maximum absolute atomic E-state index is 12.5. The molecule has 1 saturated carbocycles. The van der Waals surface area contributed by atoms with E-state index in [2.05, 4.69) is 5.32 Å². The van der Waals surface area contributed by atoms with Crippen LogP contribution in [-0.2, 0) is 9.53 Å². The van der Waals surface area contributed by atoms with Crippen molar-refractivity contribution in [3.8, 4) is 0 Å². The second-order valence-electron chi connectivity index (χ2n) is 6.50. The number of aliphatic carboxylic acids is 1. The first-order valence-electron chi connectivity index (χ1n) is 7.84. The van der Waals surface area contributed by atoms with E-state index >= 15 is 0 Å². The molecule has 1 saturated heterocycles. The molecule has 0 spiro atoms. The van der Waals surface area contributed by atoms with Gasteiger partial charge in [-0.2, -0.15) is 0 Å².